The summed E-state index contributed by atoms with van der Waals surface area (Å²) in [5.74, 6) is 0.538. The fourth-order valence-corrected chi connectivity index (χ4v) is 2.37. The average Bonchev–Trinajstić information content (AvgIpc) is 2.65. The highest BCUT2D eigenvalue weighted by Gasteiger charge is 2.10. The van der Waals surface area contributed by atoms with Gasteiger partial charge in [-0.2, -0.15) is 0 Å². The first-order valence-corrected chi connectivity index (χ1v) is 8.56. The first kappa shape index (κ1) is 22.0. The highest BCUT2D eigenvalue weighted by Crippen LogP contribution is 2.18. The molecule has 0 aliphatic carbocycles. The number of methoxy groups -OCH3 is 1. The Hall–Kier alpha value is -2.08. The molecule has 0 aromatic heterocycles. The van der Waals surface area contributed by atoms with E-state index in [-0.39, 0.29) is 18.3 Å². The molecule has 142 valence electrons. The minimum Gasteiger partial charge on any atom is -0.493 e. The number of ether oxygens (including phenoxy) is 2. The Bertz CT molecular complexity index is 680. The van der Waals surface area contributed by atoms with Crippen molar-refractivity contribution >= 4 is 24.0 Å². The van der Waals surface area contributed by atoms with Crippen molar-refractivity contribution in [1.82, 2.24) is 5.32 Å². The van der Waals surface area contributed by atoms with Gasteiger partial charge in [-0.1, -0.05) is 31.2 Å². The van der Waals surface area contributed by atoms with E-state index in [2.05, 4.69) is 17.6 Å². The van der Waals surface area contributed by atoms with Gasteiger partial charge in [-0.3, -0.25) is 4.79 Å². The number of halogens is 1. The van der Waals surface area contributed by atoms with Gasteiger partial charge in [0.15, 0.2) is 0 Å². The van der Waals surface area contributed by atoms with Crippen molar-refractivity contribution in [2.24, 2.45) is 0 Å². The summed E-state index contributed by atoms with van der Waals surface area (Å²) in [6.45, 7) is 4.87. The maximum atomic E-state index is 12.6. The van der Waals surface area contributed by atoms with Crippen molar-refractivity contribution in [3.8, 4) is 5.75 Å². The number of nitrogens with one attached hydrogen (secondary N) is 2. The lowest BCUT2D eigenvalue weighted by Gasteiger charge is -2.12. The zero-order chi connectivity index (χ0) is 17.9. The summed E-state index contributed by atoms with van der Waals surface area (Å²) < 4.78 is 10.7. The third-order valence-electron chi connectivity index (χ3n) is 3.69. The molecule has 0 bridgehead atoms. The van der Waals surface area contributed by atoms with Crippen molar-refractivity contribution < 1.29 is 14.3 Å². The first-order chi connectivity index (χ1) is 12.2. The van der Waals surface area contributed by atoms with E-state index in [0.29, 0.717) is 24.5 Å². The second-order valence-electron chi connectivity index (χ2n) is 5.61. The van der Waals surface area contributed by atoms with Gasteiger partial charge in [0.1, 0.15) is 5.75 Å². The van der Waals surface area contributed by atoms with Crippen molar-refractivity contribution in [3.05, 3.63) is 59.7 Å². The minimum atomic E-state index is -0.147. The monoisotopic (exact) mass is 378 g/mol. The van der Waals surface area contributed by atoms with E-state index in [4.69, 9.17) is 9.47 Å². The maximum Gasteiger partial charge on any atom is 0.255 e. The zero-order valence-electron chi connectivity index (χ0n) is 15.3. The molecule has 0 aliphatic rings. The molecule has 0 fully saturated rings. The van der Waals surface area contributed by atoms with Crippen LogP contribution in [0, 0.1) is 0 Å². The van der Waals surface area contributed by atoms with Crippen molar-refractivity contribution in [1.29, 1.82) is 0 Å². The van der Waals surface area contributed by atoms with Gasteiger partial charge in [-0.15, -0.1) is 12.4 Å². The van der Waals surface area contributed by atoms with E-state index in [1.165, 1.54) is 0 Å². The summed E-state index contributed by atoms with van der Waals surface area (Å²) in [7, 11) is 1.67. The van der Waals surface area contributed by atoms with E-state index in [0.717, 1.165) is 30.8 Å². The van der Waals surface area contributed by atoms with E-state index in [1.54, 1.807) is 19.2 Å². The Kier molecular flexibility index (Phi) is 10.4. The predicted molar refractivity (Wildman–Crippen MR) is 107 cm³/mol. The molecule has 0 spiro atoms. The molecule has 0 atom stereocenters. The first-order valence-electron chi connectivity index (χ1n) is 8.56. The van der Waals surface area contributed by atoms with Crippen LogP contribution < -0.4 is 15.4 Å². The van der Waals surface area contributed by atoms with Crippen LogP contribution in [-0.4, -0.2) is 32.8 Å². The van der Waals surface area contributed by atoms with Gasteiger partial charge >= 0.3 is 0 Å². The van der Waals surface area contributed by atoms with Gasteiger partial charge in [-0.25, -0.2) is 0 Å². The largest absolute Gasteiger partial charge is 0.493 e. The normalized spacial score (nSPS) is 10.1. The molecule has 2 N–H and O–H groups in total. The molecular weight excluding hydrogens is 352 g/mol. The molecule has 0 aliphatic heterocycles. The summed E-state index contributed by atoms with van der Waals surface area (Å²) in [6, 6.07) is 15.0. The lowest BCUT2D eigenvalue weighted by atomic mass is 10.1. The van der Waals surface area contributed by atoms with Crippen LogP contribution in [0.25, 0.3) is 0 Å². The van der Waals surface area contributed by atoms with Crippen molar-refractivity contribution in [3.63, 3.8) is 0 Å². The molecule has 2 aromatic rings. The van der Waals surface area contributed by atoms with Gasteiger partial charge < -0.3 is 20.1 Å². The topological polar surface area (TPSA) is 59.6 Å². The lowest BCUT2D eigenvalue weighted by molar-refractivity contribution is 0.102. The molecule has 0 heterocycles. The number of anilines is 1. The maximum absolute atomic E-state index is 12.6. The number of carbonyl (C=O) groups excluding carboxylic acids is 1. The molecule has 2 rings (SSSR count). The van der Waals surface area contributed by atoms with Gasteiger partial charge in [0.05, 0.1) is 6.61 Å². The van der Waals surface area contributed by atoms with E-state index >= 15 is 0 Å². The summed E-state index contributed by atoms with van der Waals surface area (Å²) >= 11 is 0. The van der Waals surface area contributed by atoms with Crippen molar-refractivity contribution in [2.75, 3.05) is 32.2 Å². The molecule has 2 aromatic carbocycles. The number of benzene rings is 2. The smallest absolute Gasteiger partial charge is 0.255 e. The number of para-hydroxylation sites is 1. The third kappa shape index (κ3) is 7.04. The Balaban J connectivity index is 0.00000338. The molecule has 0 radical (unpaired) electrons. The molecule has 26 heavy (non-hydrogen) atoms. The Morgan fingerprint density at radius 3 is 2.65 bits per heavy atom. The van der Waals surface area contributed by atoms with Crippen LogP contribution in [-0.2, 0) is 11.3 Å². The summed E-state index contributed by atoms with van der Waals surface area (Å²) in [5, 5.41) is 6.26. The number of carbonyl (C=O) groups is 1. The van der Waals surface area contributed by atoms with Crippen LogP contribution in [0.1, 0.15) is 29.3 Å². The minimum absolute atomic E-state index is 0. The Morgan fingerprint density at radius 2 is 1.88 bits per heavy atom. The van der Waals surface area contributed by atoms with Crippen molar-refractivity contribution in [2.45, 2.75) is 19.9 Å². The van der Waals surface area contributed by atoms with Gasteiger partial charge in [0, 0.05) is 37.9 Å². The quantitative estimate of drug-likeness (QED) is 0.616. The highest BCUT2D eigenvalue weighted by atomic mass is 35.5. The lowest BCUT2D eigenvalue weighted by Crippen LogP contribution is -2.17. The second-order valence-corrected chi connectivity index (χ2v) is 5.61. The van der Waals surface area contributed by atoms with E-state index in [9.17, 15) is 4.79 Å². The SMILES string of the molecule is CCNCc1ccccc1NC(=O)c1cccc(OCCCOC)c1.Cl. The number of hydrogen-bond acceptors (Lipinski definition) is 4. The molecule has 5 nitrogen and oxygen atoms in total. The highest BCUT2D eigenvalue weighted by molar-refractivity contribution is 6.04. The van der Waals surface area contributed by atoms with Crippen LogP contribution in [0.15, 0.2) is 48.5 Å². The number of rotatable bonds is 10. The fraction of sp³-hybridized carbons (Fsp3) is 0.350. The Labute approximate surface area is 161 Å². The average molecular weight is 379 g/mol. The number of hydrogen-bond donors (Lipinski definition) is 2. The molecule has 1 amide bonds. The number of amides is 1. The molecule has 0 saturated carbocycles. The van der Waals surface area contributed by atoms with Crippen LogP contribution in [0.5, 0.6) is 5.75 Å². The fourth-order valence-electron chi connectivity index (χ4n) is 2.37. The second kappa shape index (κ2) is 12.3. The molecule has 0 saturated heterocycles. The van der Waals surface area contributed by atoms with Gasteiger partial charge in [0.2, 0.25) is 0 Å². The molecule has 0 unspecified atom stereocenters. The van der Waals surface area contributed by atoms with E-state index in [1.807, 2.05) is 36.4 Å². The summed E-state index contributed by atoms with van der Waals surface area (Å²) in [4.78, 5) is 12.6. The molecule has 6 heteroatoms. The molecular formula is C20H27ClN2O3. The predicted octanol–water partition coefficient (Wildman–Crippen LogP) is 3.89. The van der Waals surface area contributed by atoms with Crippen LogP contribution in [0.3, 0.4) is 0 Å². The van der Waals surface area contributed by atoms with Crippen LogP contribution in [0.2, 0.25) is 0 Å². The van der Waals surface area contributed by atoms with E-state index < -0.39 is 0 Å². The van der Waals surface area contributed by atoms with Crippen LogP contribution >= 0.6 is 12.4 Å². The van der Waals surface area contributed by atoms with Gasteiger partial charge in [0.25, 0.3) is 5.91 Å². The summed E-state index contributed by atoms with van der Waals surface area (Å²) in [5.41, 5.74) is 2.45. The zero-order valence-corrected chi connectivity index (χ0v) is 16.1. The summed E-state index contributed by atoms with van der Waals surface area (Å²) in [6.07, 6.45) is 0.810. The standard InChI is InChI=1S/C20H26N2O3.ClH/c1-3-21-15-17-8-4-5-11-19(17)22-20(23)16-9-6-10-18(14-16)25-13-7-12-24-2;/h4-6,8-11,14,21H,3,7,12-13,15H2,1-2H3,(H,22,23);1H. The Morgan fingerprint density at radius 1 is 1.08 bits per heavy atom. The van der Waals surface area contributed by atoms with Crippen LogP contribution in [0.4, 0.5) is 5.69 Å². The van der Waals surface area contributed by atoms with Gasteiger partial charge in [-0.05, 0) is 36.4 Å². The third-order valence-corrected chi connectivity index (χ3v) is 3.69.